The normalized spacial score (nSPS) is 11.6. The lowest BCUT2D eigenvalue weighted by Gasteiger charge is -2.11. The average molecular weight is 734 g/mol. The zero-order valence-electron chi connectivity index (χ0n) is 30.0. The van der Waals surface area contributed by atoms with E-state index in [1.54, 1.807) is 0 Å². The second-order valence-electron chi connectivity index (χ2n) is 13.8. The Hall–Kier alpha value is -7.28. The van der Waals surface area contributed by atoms with E-state index < -0.39 is 0 Å². The van der Waals surface area contributed by atoms with Crippen molar-refractivity contribution in [1.29, 1.82) is 0 Å². The summed E-state index contributed by atoms with van der Waals surface area (Å²) in [7, 11) is 0. The summed E-state index contributed by atoms with van der Waals surface area (Å²) in [6.45, 7) is 0. The van der Waals surface area contributed by atoms with Crippen LogP contribution in [0.2, 0.25) is 0 Å². The van der Waals surface area contributed by atoms with E-state index >= 15 is 0 Å². The Morgan fingerprint density at radius 3 is 1.52 bits per heavy atom. The van der Waals surface area contributed by atoms with Crippen molar-refractivity contribution in [3.63, 3.8) is 0 Å². The van der Waals surface area contributed by atoms with Crippen LogP contribution in [-0.4, -0.2) is 24.5 Å². The molecule has 0 amide bonds. The molecule has 5 nitrogen and oxygen atoms in total. The minimum absolute atomic E-state index is 0.635. The molecule has 262 valence electrons. The average Bonchev–Trinajstić information content (AvgIpc) is 3.82. The first-order valence-electron chi connectivity index (χ1n) is 18.7. The monoisotopic (exact) mass is 733 g/mol. The van der Waals surface area contributed by atoms with Crippen LogP contribution in [0.25, 0.3) is 104 Å². The summed E-state index contributed by atoms with van der Waals surface area (Å²) in [5, 5.41) is 4.87. The molecule has 0 saturated carbocycles. The zero-order chi connectivity index (χ0) is 37.0. The molecule has 6 heteroatoms. The van der Waals surface area contributed by atoms with Crippen LogP contribution in [0.1, 0.15) is 0 Å². The van der Waals surface area contributed by atoms with Crippen molar-refractivity contribution < 1.29 is 0 Å². The Balaban J connectivity index is 1.15. The van der Waals surface area contributed by atoms with Gasteiger partial charge in [0.25, 0.3) is 0 Å². The molecule has 0 aliphatic carbocycles. The molecule has 11 rings (SSSR count). The van der Waals surface area contributed by atoms with Crippen molar-refractivity contribution >= 4 is 53.4 Å². The van der Waals surface area contributed by atoms with Crippen molar-refractivity contribution in [2.75, 3.05) is 0 Å². The highest BCUT2D eigenvalue weighted by molar-refractivity contribution is 7.26. The van der Waals surface area contributed by atoms with E-state index in [1.807, 2.05) is 72.0 Å². The largest absolute Gasteiger partial charge is 0.301 e. The number of thiophene rings is 1. The number of para-hydroxylation sites is 2. The highest BCUT2D eigenvalue weighted by atomic mass is 32.1. The van der Waals surface area contributed by atoms with Gasteiger partial charge in [-0.25, -0.2) is 19.9 Å². The number of hydrogen-bond acceptors (Lipinski definition) is 5. The number of fused-ring (bicyclic) bond motifs is 7. The van der Waals surface area contributed by atoms with Crippen LogP contribution in [-0.2, 0) is 0 Å². The molecule has 0 radical (unpaired) electrons. The first-order valence-corrected chi connectivity index (χ1v) is 19.5. The summed E-state index contributed by atoms with van der Waals surface area (Å²) in [6, 6.07) is 65.4. The Kier molecular flexibility index (Phi) is 7.60. The van der Waals surface area contributed by atoms with Gasteiger partial charge in [-0.2, -0.15) is 0 Å². The van der Waals surface area contributed by atoms with Gasteiger partial charge in [-0.1, -0.05) is 164 Å². The predicted molar refractivity (Wildman–Crippen MR) is 232 cm³/mol. The number of nitrogens with zero attached hydrogens (tertiary/aromatic N) is 5. The molecule has 0 aliphatic heterocycles. The third-order valence-electron chi connectivity index (χ3n) is 10.5. The molecule has 11 aromatic rings. The Morgan fingerprint density at radius 1 is 0.375 bits per heavy atom. The molecular formula is C50H31N5S. The SMILES string of the molecule is c1ccc(-c2nc(-c3ccccc3)nc(-c3ccc(-c4cccc5c4c4c6c(sc4n5-c4ccccc4)c(-c4ccccc4)nc4ccccc46)cc3)n2)cc1. The summed E-state index contributed by atoms with van der Waals surface area (Å²) in [4.78, 5) is 21.4. The van der Waals surface area contributed by atoms with Gasteiger partial charge in [0.05, 0.1) is 21.4 Å². The predicted octanol–water partition coefficient (Wildman–Crippen LogP) is 13.1. The Labute approximate surface area is 326 Å². The van der Waals surface area contributed by atoms with E-state index in [0.717, 1.165) is 50.1 Å². The van der Waals surface area contributed by atoms with Gasteiger partial charge >= 0.3 is 0 Å². The Morgan fingerprint density at radius 2 is 0.893 bits per heavy atom. The van der Waals surface area contributed by atoms with Gasteiger partial charge in [0.15, 0.2) is 17.5 Å². The van der Waals surface area contributed by atoms with E-state index in [-0.39, 0.29) is 0 Å². The van der Waals surface area contributed by atoms with Gasteiger partial charge in [-0.3, -0.25) is 0 Å². The number of aromatic nitrogens is 5. The Bertz CT molecular complexity index is 3150. The number of rotatable bonds is 6. The van der Waals surface area contributed by atoms with E-state index in [4.69, 9.17) is 19.9 Å². The van der Waals surface area contributed by atoms with Crippen molar-refractivity contribution in [3.8, 4) is 62.2 Å². The topological polar surface area (TPSA) is 56.5 Å². The molecule has 0 unspecified atom stereocenters. The van der Waals surface area contributed by atoms with E-state index in [2.05, 4.69) is 132 Å². The summed E-state index contributed by atoms with van der Waals surface area (Å²) in [5.41, 5.74) is 10.5. The van der Waals surface area contributed by atoms with Crippen molar-refractivity contribution in [3.05, 3.63) is 188 Å². The molecule has 56 heavy (non-hydrogen) atoms. The van der Waals surface area contributed by atoms with Crippen molar-refractivity contribution in [1.82, 2.24) is 24.5 Å². The third-order valence-corrected chi connectivity index (χ3v) is 11.6. The van der Waals surface area contributed by atoms with Gasteiger partial charge in [0, 0.05) is 49.5 Å². The second-order valence-corrected chi connectivity index (χ2v) is 14.8. The lowest BCUT2D eigenvalue weighted by molar-refractivity contribution is 1.07. The molecule has 4 heterocycles. The fourth-order valence-corrected chi connectivity index (χ4v) is 9.26. The van der Waals surface area contributed by atoms with E-state index in [0.29, 0.717) is 17.5 Å². The maximum absolute atomic E-state index is 5.29. The highest BCUT2D eigenvalue weighted by Gasteiger charge is 2.24. The van der Waals surface area contributed by atoms with Crippen molar-refractivity contribution in [2.45, 2.75) is 0 Å². The minimum atomic E-state index is 0.635. The fraction of sp³-hybridized carbons (Fsp3) is 0. The number of pyridine rings is 1. The van der Waals surface area contributed by atoms with Gasteiger partial charge in [0.1, 0.15) is 4.83 Å². The van der Waals surface area contributed by atoms with Crippen LogP contribution in [0, 0.1) is 0 Å². The molecular weight excluding hydrogens is 703 g/mol. The van der Waals surface area contributed by atoms with Crippen LogP contribution < -0.4 is 0 Å². The van der Waals surface area contributed by atoms with Crippen LogP contribution >= 0.6 is 11.3 Å². The van der Waals surface area contributed by atoms with Gasteiger partial charge in [0.2, 0.25) is 0 Å². The smallest absolute Gasteiger partial charge is 0.164 e. The summed E-state index contributed by atoms with van der Waals surface area (Å²) in [6.07, 6.45) is 0. The highest BCUT2D eigenvalue weighted by Crippen LogP contribution is 2.49. The van der Waals surface area contributed by atoms with E-state index in [9.17, 15) is 0 Å². The molecule has 0 aliphatic rings. The fourth-order valence-electron chi connectivity index (χ4n) is 7.89. The van der Waals surface area contributed by atoms with Crippen LogP contribution in [0.5, 0.6) is 0 Å². The van der Waals surface area contributed by atoms with Crippen LogP contribution in [0.3, 0.4) is 0 Å². The lowest BCUT2D eigenvalue weighted by atomic mass is 9.96. The third kappa shape index (κ3) is 5.30. The number of hydrogen-bond donors (Lipinski definition) is 0. The molecule has 0 saturated heterocycles. The molecule has 0 N–H and O–H groups in total. The van der Waals surface area contributed by atoms with Crippen molar-refractivity contribution in [2.24, 2.45) is 0 Å². The summed E-state index contributed by atoms with van der Waals surface area (Å²) >= 11 is 1.83. The first kappa shape index (κ1) is 32.2. The van der Waals surface area contributed by atoms with Crippen LogP contribution in [0.15, 0.2) is 188 Å². The molecule has 0 fully saturated rings. The van der Waals surface area contributed by atoms with Gasteiger partial charge in [-0.05, 0) is 35.4 Å². The number of benzene rings is 7. The zero-order valence-corrected chi connectivity index (χ0v) is 30.9. The molecule has 0 bridgehead atoms. The lowest BCUT2D eigenvalue weighted by Crippen LogP contribution is -2.00. The molecule has 0 atom stereocenters. The standard InChI is InChI=1S/C50H31N5S/c1-5-16-33(17-6-1)45-46-43(39-24-13-14-26-40(39)51-45)44-42-38(25-15-27-41(42)55(50(44)56-46)37-22-11-4-12-23-37)32-28-30-36(31-29-32)49-53-47(34-18-7-2-8-19-34)52-48(54-49)35-20-9-3-10-21-35/h1-31H. The summed E-state index contributed by atoms with van der Waals surface area (Å²) < 4.78 is 3.62. The molecule has 7 aromatic carbocycles. The molecule has 4 aromatic heterocycles. The molecule has 0 spiro atoms. The first-order chi connectivity index (χ1) is 27.8. The van der Waals surface area contributed by atoms with E-state index in [1.165, 1.54) is 36.8 Å². The quantitative estimate of drug-likeness (QED) is 0.171. The van der Waals surface area contributed by atoms with Crippen LogP contribution in [0.4, 0.5) is 0 Å². The van der Waals surface area contributed by atoms with Gasteiger partial charge in [-0.15, -0.1) is 11.3 Å². The maximum atomic E-state index is 5.29. The minimum Gasteiger partial charge on any atom is -0.301 e. The summed E-state index contributed by atoms with van der Waals surface area (Å²) in [5.74, 6) is 1.93. The second kappa shape index (κ2) is 13.2. The van der Waals surface area contributed by atoms with Gasteiger partial charge < -0.3 is 4.57 Å². The maximum Gasteiger partial charge on any atom is 0.164 e.